The van der Waals surface area contributed by atoms with Crippen molar-refractivity contribution in [3.8, 4) is 0 Å². The molecule has 0 unspecified atom stereocenters. The number of Topliss-reactive ketones (excluding diaryl/α,β-unsaturated/α-hetero) is 1. The molecule has 2 atom stereocenters. The SMILES string of the molecule is CC1(O)C[C@@]23CCCCCCCCCC[C@]2(CC(=O)C3)C1. The Balaban J connectivity index is 1.85. The van der Waals surface area contributed by atoms with Gasteiger partial charge in [-0.2, -0.15) is 0 Å². The molecule has 3 aliphatic rings. The van der Waals surface area contributed by atoms with E-state index >= 15 is 0 Å². The molecule has 120 valence electrons. The van der Waals surface area contributed by atoms with Gasteiger partial charge < -0.3 is 5.11 Å². The average molecular weight is 292 g/mol. The fourth-order valence-electron chi connectivity index (χ4n) is 6.08. The lowest BCUT2D eigenvalue weighted by Crippen LogP contribution is -2.32. The Bertz CT molecular complexity index is 366. The van der Waals surface area contributed by atoms with Crippen LogP contribution in [0.25, 0.3) is 0 Å². The molecule has 0 aliphatic heterocycles. The average Bonchev–Trinajstić information content (AvgIpc) is 2.71. The maximum absolute atomic E-state index is 12.3. The highest BCUT2D eigenvalue weighted by Gasteiger charge is 2.64. The summed E-state index contributed by atoms with van der Waals surface area (Å²) in [5, 5.41) is 10.7. The lowest BCUT2D eigenvalue weighted by atomic mass is 9.63. The molecule has 2 nitrogen and oxygen atoms in total. The molecule has 0 saturated heterocycles. The van der Waals surface area contributed by atoms with E-state index in [0.717, 1.165) is 25.7 Å². The molecule has 0 aromatic rings. The molecular formula is C19H32O2. The summed E-state index contributed by atoms with van der Waals surface area (Å²) >= 11 is 0. The van der Waals surface area contributed by atoms with Crippen LogP contribution in [0.3, 0.4) is 0 Å². The summed E-state index contributed by atoms with van der Waals surface area (Å²) in [7, 11) is 0. The Morgan fingerprint density at radius 3 is 1.57 bits per heavy atom. The Labute approximate surface area is 129 Å². The zero-order valence-corrected chi connectivity index (χ0v) is 13.8. The van der Waals surface area contributed by atoms with E-state index in [9.17, 15) is 9.90 Å². The maximum Gasteiger partial charge on any atom is 0.134 e. The highest BCUT2D eigenvalue weighted by atomic mass is 16.3. The molecule has 3 aliphatic carbocycles. The number of hydrogen-bond acceptors (Lipinski definition) is 2. The zero-order chi connectivity index (χ0) is 15.0. The summed E-state index contributed by atoms with van der Waals surface area (Å²) in [6, 6.07) is 0. The maximum atomic E-state index is 12.3. The van der Waals surface area contributed by atoms with Crippen LogP contribution in [0.5, 0.6) is 0 Å². The van der Waals surface area contributed by atoms with Gasteiger partial charge in [-0.15, -0.1) is 0 Å². The minimum atomic E-state index is -0.541. The summed E-state index contributed by atoms with van der Waals surface area (Å²) in [5.41, 5.74) is -0.277. The van der Waals surface area contributed by atoms with E-state index in [2.05, 4.69) is 0 Å². The third-order valence-corrected chi connectivity index (χ3v) is 6.70. The van der Waals surface area contributed by atoms with Gasteiger partial charge in [-0.05, 0) is 43.4 Å². The molecule has 0 amide bonds. The zero-order valence-electron chi connectivity index (χ0n) is 13.8. The van der Waals surface area contributed by atoms with E-state index in [1.165, 1.54) is 64.2 Å². The molecule has 1 N–H and O–H groups in total. The Morgan fingerprint density at radius 1 is 0.762 bits per heavy atom. The number of hydrogen-bond donors (Lipinski definition) is 1. The number of ketones is 1. The first kappa shape index (κ1) is 15.5. The van der Waals surface area contributed by atoms with Crippen molar-refractivity contribution in [2.75, 3.05) is 0 Å². The highest BCUT2D eigenvalue weighted by Crippen LogP contribution is 2.68. The van der Waals surface area contributed by atoms with Crippen LogP contribution < -0.4 is 0 Å². The van der Waals surface area contributed by atoms with Crippen LogP contribution in [0.1, 0.15) is 96.8 Å². The van der Waals surface area contributed by atoms with Gasteiger partial charge in [-0.25, -0.2) is 0 Å². The van der Waals surface area contributed by atoms with Crippen molar-refractivity contribution in [2.45, 2.75) is 102 Å². The van der Waals surface area contributed by atoms with Gasteiger partial charge in [0.05, 0.1) is 5.60 Å². The van der Waals surface area contributed by atoms with E-state index in [0.29, 0.717) is 5.78 Å². The standard InChI is InChI=1S/C19H32O2/c1-17(21)14-18-10-8-6-4-2-3-5-7-9-11-19(18,15-17)13-16(20)12-18/h21H,2-15H2,1H3/t18-,19-/m0/s1. The first-order chi connectivity index (χ1) is 9.97. The largest absolute Gasteiger partial charge is 0.390 e. The molecule has 3 saturated carbocycles. The van der Waals surface area contributed by atoms with Gasteiger partial charge in [0.25, 0.3) is 0 Å². The summed E-state index contributed by atoms with van der Waals surface area (Å²) < 4.78 is 0. The van der Waals surface area contributed by atoms with Crippen LogP contribution in [0.2, 0.25) is 0 Å². The molecular weight excluding hydrogens is 260 g/mol. The molecule has 0 aromatic carbocycles. The lowest BCUT2D eigenvalue weighted by Gasteiger charge is -2.40. The molecule has 3 rings (SSSR count). The van der Waals surface area contributed by atoms with Gasteiger partial charge in [0.2, 0.25) is 0 Å². The number of rotatable bonds is 0. The van der Waals surface area contributed by atoms with Crippen LogP contribution in [0.4, 0.5) is 0 Å². The number of aliphatic hydroxyl groups is 1. The highest BCUT2D eigenvalue weighted by molar-refractivity contribution is 5.83. The van der Waals surface area contributed by atoms with Crippen molar-refractivity contribution < 1.29 is 9.90 Å². The van der Waals surface area contributed by atoms with Crippen LogP contribution >= 0.6 is 0 Å². The van der Waals surface area contributed by atoms with Crippen molar-refractivity contribution >= 4 is 5.78 Å². The first-order valence-corrected chi connectivity index (χ1v) is 9.21. The molecule has 21 heavy (non-hydrogen) atoms. The van der Waals surface area contributed by atoms with Gasteiger partial charge in [0, 0.05) is 12.8 Å². The van der Waals surface area contributed by atoms with Gasteiger partial charge >= 0.3 is 0 Å². The summed E-state index contributed by atoms with van der Waals surface area (Å²) in [6.07, 6.45) is 16.2. The minimum absolute atomic E-state index is 0.132. The third-order valence-electron chi connectivity index (χ3n) is 6.70. The molecule has 0 heterocycles. The van der Waals surface area contributed by atoms with Crippen molar-refractivity contribution in [1.29, 1.82) is 0 Å². The van der Waals surface area contributed by atoms with E-state index in [1.54, 1.807) is 0 Å². The van der Waals surface area contributed by atoms with Gasteiger partial charge in [-0.1, -0.05) is 51.4 Å². The van der Waals surface area contributed by atoms with Crippen LogP contribution in [-0.4, -0.2) is 16.5 Å². The molecule has 3 fully saturated rings. The van der Waals surface area contributed by atoms with E-state index in [1.807, 2.05) is 6.92 Å². The lowest BCUT2D eigenvalue weighted by molar-refractivity contribution is -0.118. The van der Waals surface area contributed by atoms with Gasteiger partial charge in [0.15, 0.2) is 0 Å². The molecule has 2 heteroatoms. The van der Waals surface area contributed by atoms with Crippen LogP contribution in [0.15, 0.2) is 0 Å². The molecule has 0 radical (unpaired) electrons. The van der Waals surface area contributed by atoms with E-state index < -0.39 is 5.60 Å². The number of carbonyl (C=O) groups is 1. The normalized spacial score (nSPS) is 41.0. The smallest absolute Gasteiger partial charge is 0.134 e. The van der Waals surface area contributed by atoms with Gasteiger partial charge in [0.1, 0.15) is 5.78 Å². The first-order valence-electron chi connectivity index (χ1n) is 9.21. The second kappa shape index (κ2) is 5.68. The Morgan fingerprint density at radius 2 is 1.14 bits per heavy atom. The Hall–Kier alpha value is -0.370. The minimum Gasteiger partial charge on any atom is -0.390 e. The summed E-state index contributed by atoms with van der Waals surface area (Å²) in [6.45, 7) is 2.01. The monoisotopic (exact) mass is 292 g/mol. The fraction of sp³-hybridized carbons (Fsp3) is 0.947. The fourth-order valence-corrected chi connectivity index (χ4v) is 6.08. The second-order valence-corrected chi connectivity index (χ2v) is 8.63. The van der Waals surface area contributed by atoms with Crippen molar-refractivity contribution in [3.05, 3.63) is 0 Å². The quantitative estimate of drug-likeness (QED) is 0.697. The van der Waals surface area contributed by atoms with E-state index in [4.69, 9.17) is 0 Å². The summed E-state index contributed by atoms with van der Waals surface area (Å²) in [5.74, 6) is 0.473. The number of carbonyl (C=O) groups excluding carboxylic acids is 1. The van der Waals surface area contributed by atoms with E-state index in [-0.39, 0.29) is 10.8 Å². The second-order valence-electron chi connectivity index (χ2n) is 8.63. The van der Waals surface area contributed by atoms with Gasteiger partial charge in [-0.3, -0.25) is 4.79 Å². The molecule has 0 bridgehead atoms. The predicted molar refractivity (Wildman–Crippen MR) is 85.1 cm³/mol. The summed E-state index contributed by atoms with van der Waals surface area (Å²) in [4.78, 5) is 12.3. The van der Waals surface area contributed by atoms with Crippen LogP contribution in [0, 0.1) is 10.8 Å². The topological polar surface area (TPSA) is 37.3 Å². The third kappa shape index (κ3) is 2.93. The Kier molecular flexibility index (Phi) is 4.20. The van der Waals surface area contributed by atoms with Crippen LogP contribution in [-0.2, 0) is 4.79 Å². The van der Waals surface area contributed by atoms with Crippen molar-refractivity contribution in [2.24, 2.45) is 10.8 Å². The molecule has 0 aromatic heterocycles. The molecule has 0 spiro atoms. The van der Waals surface area contributed by atoms with Crippen molar-refractivity contribution in [3.63, 3.8) is 0 Å². The predicted octanol–water partition coefficient (Wildman–Crippen LogP) is 4.78. The van der Waals surface area contributed by atoms with Crippen molar-refractivity contribution in [1.82, 2.24) is 0 Å².